The summed E-state index contributed by atoms with van der Waals surface area (Å²) in [7, 11) is 0. The molecular weight excluding hydrogens is 382 g/mol. The van der Waals surface area contributed by atoms with Crippen molar-refractivity contribution >= 4 is 28.3 Å². The number of fused-ring (bicyclic) bond motifs is 2. The molecule has 0 spiro atoms. The van der Waals surface area contributed by atoms with E-state index in [1.54, 1.807) is 31.2 Å². The number of nitrogens with one attached hydrogen (secondary N) is 2. The second-order valence-electron chi connectivity index (χ2n) is 7.17. The maximum atomic E-state index is 12.7. The Kier molecular flexibility index (Phi) is 5.47. The summed E-state index contributed by atoms with van der Waals surface area (Å²) in [4.78, 5) is 39.6. The van der Waals surface area contributed by atoms with E-state index < -0.39 is 5.91 Å². The lowest BCUT2D eigenvalue weighted by molar-refractivity contribution is -0.120. The number of aryl methyl sites for hydroxylation is 2. The summed E-state index contributed by atoms with van der Waals surface area (Å²) in [6.07, 6.45) is 1.97. The molecule has 0 saturated heterocycles. The number of aromatic nitrogens is 2. The highest BCUT2D eigenvalue weighted by Gasteiger charge is 2.20. The fraction of sp³-hybridized carbons (Fsp3) is 0.273. The van der Waals surface area contributed by atoms with E-state index in [-0.39, 0.29) is 23.7 Å². The van der Waals surface area contributed by atoms with Crippen LogP contribution in [0.1, 0.15) is 29.4 Å². The van der Waals surface area contributed by atoms with Crippen LogP contribution in [0.2, 0.25) is 0 Å². The molecule has 8 nitrogen and oxygen atoms in total. The summed E-state index contributed by atoms with van der Waals surface area (Å²) in [6.45, 7) is 3.04. The quantitative estimate of drug-likeness (QED) is 0.643. The zero-order chi connectivity index (χ0) is 21.1. The second kappa shape index (κ2) is 8.36. The third-order valence-corrected chi connectivity index (χ3v) is 5.24. The molecule has 8 heteroatoms. The highest BCUT2D eigenvalue weighted by molar-refractivity contribution is 6.05. The van der Waals surface area contributed by atoms with Crippen LogP contribution in [0.3, 0.4) is 0 Å². The summed E-state index contributed by atoms with van der Waals surface area (Å²) in [5, 5.41) is 5.03. The molecule has 0 fully saturated rings. The van der Waals surface area contributed by atoms with E-state index in [2.05, 4.69) is 22.0 Å². The molecule has 30 heavy (non-hydrogen) atoms. The van der Waals surface area contributed by atoms with E-state index in [0.717, 1.165) is 25.1 Å². The van der Waals surface area contributed by atoms with Gasteiger partial charge in [0.25, 0.3) is 17.4 Å². The number of carbonyl (C=O) groups is 2. The topological polar surface area (TPSA) is 96.3 Å². The fourth-order valence-electron chi connectivity index (χ4n) is 3.79. The van der Waals surface area contributed by atoms with Crippen molar-refractivity contribution in [1.29, 1.82) is 0 Å². The van der Waals surface area contributed by atoms with Gasteiger partial charge in [-0.2, -0.15) is 5.10 Å². The molecule has 1 aliphatic rings. The predicted octanol–water partition coefficient (Wildman–Crippen LogP) is 1.63. The van der Waals surface area contributed by atoms with Crippen LogP contribution >= 0.6 is 0 Å². The molecule has 2 N–H and O–H groups in total. The Labute approximate surface area is 173 Å². The first-order chi connectivity index (χ1) is 14.6. The Morgan fingerprint density at radius 2 is 1.77 bits per heavy atom. The normalized spacial score (nSPS) is 13.0. The number of nitrogens with zero attached hydrogens (tertiary/aromatic N) is 3. The number of hydrazine groups is 1. The number of carbonyl (C=O) groups excluding carboxylic acids is 2. The average Bonchev–Trinajstić information content (AvgIpc) is 2.78. The molecule has 0 saturated carbocycles. The first-order valence-corrected chi connectivity index (χ1v) is 10.0. The Morgan fingerprint density at radius 1 is 1.03 bits per heavy atom. The minimum atomic E-state index is -0.569. The largest absolute Gasteiger partial charge is 0.362 e. The van der Waals surface area contributed by atoms with Gasteiger partial charge in [-0.1, -0.05) is 36.4 Å². The van der Waals surface area contributed by atoms with Gasteiger partial charge in [0, 0.05) is 24.2 Å². The van der Waals surface area contributed by atoms with Crippen molar-refractivity contribution in [3.8, 4) is 0 Å². The van der Waals surface area contributed by atoms with Crippen LogP contribution in [0.5, 0.6) is 0 Å². The molecule has 0 bridgehead atoms. The monoisotopic (exact) mass is 405 g/mol. The molecule has 3 aromatic rings. The minimum Gasteiger partial charge on any atom is -0.362 e. The molecule has 154 valence electrons. The van der Waals surface area contributed by atoms with Crippen molar-refractivity contribution in [3.05, 3.63) is 70.1 Å². The summed E-state index contributed by atoms with van der Waals surface area (Å²) in [5.41, 5.74) is 7.01. The Balaban J connectivity index is 1.47. The number of hydrogen-bond acceptors (Lipinski definition) is 5. The van der Waals surface area contributed by atoms with Crippen LogP contribution < -0.4 is 21.3 Å². The molecule has 2 aromatic carbocycles. The smallest absolute Gasteiger partial charge is 0.290 e. The molecule has 4 rings (SSSR count). The van der Waals surface area contributed by atoms with E-state index in [0.29, 0.717) is 17.3 Å². The molecule has 1 aromatic heterocycles. The van der Waals surface area contributed by atoms with Gasteiger partial charge in [0.2, 0.25) is 0 Å². The fourth-order valence-corrected chi connectivity index (χ4v) is 3.79. The number of para-hydroxylation sites is 1. The predicted molar refractivity (Wildman–Crippen MR) is 114 cm³/mol. The van der Waals surface area contributed by atoms with Gasteiger partial charge in [-0.3, -0.25) is 25.2 Å². The Bertz CT molecular complexity index is 1170. The van der Waals surface area contributed by atoms with Crippen LogP contribution in [0.25, 0.3) is 10.8 Å². The van der Waals surface area contributed by atoms with Gasteiger partial charge < -0.3 is 4.90 Å². The molecule has 0 radical (unpaired) electrons. The van der Waals surface area contributed by atoms with Crippen LogP contribution in [0.15, 0.2) is 53.3 Å². The number of hydrogen-bond donors (Lipinski definition) is 2. The first-order valence-electron chi connectivity index (χ1n) is 10.0. The van der Waals surface area contributed by atoms with Gasteiger partial charge in [-0.15, -0.1) is 0 Å². The zero-order valence-electron chi connectivity index (χ0n) is 16.7. The zero-order valence-corrected chi connectivity index (χ0v) is 16.7. The summed E-state index contributed by atoms with van der Waals surface area (Å²) >= 11 is 0. The van der Waals surface area contributed by atoms with Crippen LogP contribution in [0, 0.1) is 0 Å². The van der Waals surface area contributed by atoms with Crippen molar-refractivity contribution in [2.75, 3.05) is 18.0 Å². The maximum absolute atomic E-state index is 12.7. The third kappa shape index (κ3) is 3.76. The van der Waals surface area contributed by atoms with Crippen molar-refractivity contribution in [1.82, 2.24) is 20.6 Å². The highest BCUT2D eigenvalue weighted by Crippen LogP contribution is 2.26. The SMILES string of the molecule is CCn1nc(C(=O)NNC(=O)CN2CCCc3ccccc32)c2ccccc2c1=O. The lowest BCUT2D eigenvalue weighted by Gasteiger charge is -2.30. The van der Waals surface area contributed by atoms with Gasteiger partial charge in [0.15, 0.2) is 5.69 Å². The maximum Gasteiger partial charge on any atom is 0.290 e. The van der Waals surface area contributed by atoms with Crippen molar-refractivity contribution in [2.45, 2.75) is 26.3 Å². The summed E-state index contributed by atoms with van der Waals surface area (Å²) < 4.78 is 1.24. The van der Waals surface area contributed by atoms with E-state index in [4.69, 9.17) is 0 Å². The van der Waals surface area contributed by atoms with Gasteiger partial charge in [0.1, 0.15) is 0 Å². The van der Waals surface area contributed by atoms with Crippen LogP contribution in [0.4, 0.5) is 5.69 Å². The number of amides is 2. The number of rotatable bonds is 4. The molecule has 2 heterocycles. The van der Waals surface area contributed by atoms with E-state index >= 15 is 0 Å². The molecule has 0 aliphatic carbocycles. The third-order valence-electron chi connectivity index (χ3n) is 5.24. The van der Waals surface area contributed by atoms with Gasteiger partial charge in [-0.25, -0.2) is 4.68 Å². The minimum absolute atomic E-state index is 0.0932. The molecule has 0 unspecified atom stereocenters. The first kappa shape index (κ1) is 19.6. The van der Waals surface area contributed by atoms with E-state index in [9.17, 15) is 14.4 Å². The molecular formula is C22H23N5O3. The van der Waals surface area contributed by atoms with Crippen LogP contribution in [-0.2, 0) is 17.8 Å². The standard InChI is InChI=1S/C22H23N5O3/c1-2-27-22(30)17-11-5-4-10-16(17)20(25-27)21(29)24-23-19(28)14-26-13-7-9-15-8-3-6-12-18(15)26/h3-6,8,10-12H,2,7,9,13-14H2,1H3,(H,23,28)(H,24,29). The van der Waals surface area contributed by atoms with Crippen molar-refractivity contribution < 1.29 is 9.59 Å². The Hall–Kier alpha value is -3.68. The Morgan fingerprint density at radius 3 is 2.57 bits per heavy atom. The van der Waals surface area contributed by atoms with Crippen LogP contribution in [-0.4, -0.2) is 34.7 Å². The lowest BCUT2D eigenvalue weighted by Crippen LogP contribution is -2.47. The molecule has 1 aliphatic heterocycles. The number of anilines is 1. The van der Waals surface area contributed by atoms with Gasteiger partial charge in [-0.05, 0) is 37.5 Å². The van der Waals surface area contributed by atoms with Crippen molar-refractivity contribution in [3.63, 3.8) is 0 Å². The number of benzene rings is 2. The summed E-state index contributed by atoms with van der Waals surface area (Å²) in [5.74, 6) is -0.894. The van der Waals surface area contributed by atoms with Gasteiger partial charge >= 0.3 is 0 Å². The van der Waals surface area contributed by atoms with Gasteiger partial charge in [0.05, 0.1) is 11.9 Å². The lowest BCUT2D eigenvalue weighted by atomic mass is 10.0. The van der Waals surface area contributed by atoms with E-state index in [1.165, 1.54) is 10.2 Å². The highest BCUT2D eigenvalue weighted by atomic mass is 16.2. The van der Waals surface area contributed by atoms with E-state index in [1.807, 2.05) is 23.1 Å². The molecule has 0 atom stereocenters. The average molecular weight is 405 g/mol. The second-order valence-corrected chi connectivity index (χ2v) is 7.17. The van der Waals surface area contributed by atoms with Crippen molar-refractivity contribution in [2.24, 2.45) is 0 Å². The molecule has 2 amide bonds. The summed E-state index contributed by atoms with van der Waals surface area (Å²) in [6, 6.07) is 14.8.